The minimum absolute atomic E-state index is 0.0196. The van der Waals surface area contributed by atoms with Crippen molar-refractivity contribution in [2.45, 2.75) is 53.9 Å². The summed E-state index contributed by atoms with van der Waals surface area (Å²) in [6.07, 6.45) is 2.79. The fourth-order valence-corrected chi connectivity index (χ4v) is 3.02. The van der Waals surface area contributed by atoms with E-state index in [4.69, 9.17) is 4.74 Å². The summed E-state index contributed by atoms with van der Waals surface area (Å²) in [6, 6.07) is 0. The van der Waals surface area contributed by atoms with Gasteiger partial charge in [0.15, 0.2) is 0 Å². The maximum atomic E-state index is 12.4. The van der Waals surface area contributed by atoms with E-state index in [0.29, 0.717) is 6.61 Å². The fraction of sp³-hybridized carbons (Fsp3) is 0.938. The van der Waals surface area contributed by atoms with Gasteiger partial charge in [-0.15, -0.1) is 0 Å². The molecule has 1 aliphatic rings. The Balaban J connectivity index is 2.52. The van der Waals surface area contributed by atoms with Crippen LogP contribution in [0.4, 0.5) is 0 Å². The summed E-state index contributed by atoms with van der Waals surface area (Å²) in [5.41, 5.74) is 0.0126. The first-order valence-corrected chi connectivity index (χ1v) is 7.32. The molecule has 3 nitrogen and oxygen atoms in total. The lowest BCUT2D eigenvalue weighted by Crippen LogP contribution is -2.29. The van der Waals surface area contributed by atoms with Crippen molar-refractivity contribution in [2.24, 2.45) is 16.2 Å². The first-order valence-electron chi connectivity index (χ1n) is 7.32. The molecule has 0 amide bonds. The van der Waals surface area contributed by atoms with Gasteiger partial charge in [0, 0.05) is 6.54 Å². The van der Waals surface area contributed by atoms with Crippen LogP contribution in [0.2, 0.25) is 0 Å². The van der Waals surface area contributed by atoms with E-state index in [1.54, 1.807) is 0 Å². The summed E-state index contributed by atoms with van der Waals surface area (Å²) in [5, 5.41) is 0. The quantitative estimate of drug-likeness (QED) is 0.547. The van der Waals surface area contributed by atoms with Gasteiger partial charge in [-0.3, -0.25) is 4.79 Å². The Morgan fingerprint density at radius 1 is 1.26 bits per heavy atom. The second-order valence-electron chi connectivity index (χ2n) is 8.17. The number of rotatable bonds is 6. The highest BCUT2D eigenvalue weighted by atomic mass is 16.5. The van der Waals surface area contributed by atoms with Crippen molar-refractivity contribution in [1.29, 1.82) is 0 Å². The first kappa shape index (κ1) is 16.5. The largest absolute Gasteiger partial charge is 0.465 e. The average molecular weight is 269 g/mol. The summed E-state index contributed by atoms with van der Waals surface area (Å²) in [6.45, 7) is 12.5. The summed E-state index contributed by atoms with van der Waals surface area (Å²) < 4.78 is 5.54. The first-order chi connectivity index (χ1) is 8.50. The van der Waals surface area contributed by atoms with E-state index in [1.165, 1.54) is 0 Å². The average Bonchev–Trinajstić information content (AvgIpc) is 2.73. The normalized spacial score (nSPS) is 25.5. The molecule has 112 valence electrons. The predicted molar refractivity (Wildman–Crippen MR) is 79.0 cm³/mol. The Labute approximate surface area is 118 Å². The molecule has 0 saturated heterocycles. The van der Waals surface area contributed by atoms with Crippen LogP contribution < -0.4 is 0 Å². The molecule has 3 heteroatoms. The molecule has 0 aromatic heterocycles. The fourth-order valence-electron chi connectivity index (χ4n) is 3.02. The zero-order valence-electron chi connectivity index (χ0n) is 13.8. The monoisotopic (exact) mass is 269 g/mol. The molecule has 0 aromatic rings. The molecule has 19 heavy (non-hydrogen) atoms. The lowest BCUT2D eigenvalue weighted by Gasteiger charge is -2.27. The molecule has 1 unspecified atom stereocenters. The zero-order chi connectivity index (χ0) is 14.9. The maximum Gasteiger partial charge on any atom is 0.312 e. The molecule has 0 radical (unpaired) electrons. The van der Waals surface area contributed by atoms with Gasteiger partial charge in [-0.2, -0.15) is 0 Å². The van der Waals surface area contributed by atoms with Crippen LogP contribution >= 0.6 is 0 Å². The smallest absolute Gasteiger partial charge is 0.312 e. The van der Waals surface area contributed by atoms with E-state index >= 15 is 0 Å². The Morgan fingerprint density at radius 3 is 2.16 bits per heavy atom. The van der Waals surface area contributed by atoms with Crippen molar-refractivity contribution in [3.8, 4) is 0 Å². The van der Waals surface area contributed by atoms with Crippen LogP contribution in [0.15, 0.2) is 0 Å². The van der Waals surface area contributed by atoms with E-state index in [0.717, 1.165) is 25.8 Å². The number of carbonyl (C=O) groups is 1. The van der Waals surface area contributed by atoms with Crippen LogP contribution in [0.25, 0.3) is 0 Å². The van der Waals surface area contributed by atoms with Gasteiger partial charge in [0.1, 0.15) is 0 Å². The molecule has 0 aliphatic heterocycles. The van der Waals surface area contributed by atoms with Crippen molar-refractivity contribution in [2.75, 3.05) is 27.2 Å². The summed E-state index contributed by atoms with van der Waals surface area (Å²) in [4.78, 5) is 14.5. The third-order valence-corrected chi connectivity index (χ3v) is 4.12. The topological polar surface area (TPSA) is 29.5 Å². The van der Waals surface area contributed by atoms with Crippen molar-refractivity contribution < 1.29 is 9.53 Å². The lowest BCUT2D eigenvalue weighted by atomic mass is 9.79. The molecule has 0 aromatic carbocycles. The predicted octanol–water partition coefficient (Wildman–Crippen LogP) is 3.33. The van der Waals surface area contributed by atoms with Crippen LogP contribution in [0.1, 0.15) is 53.9 Å². The number of esters is 1. The molecular weight excluding hydrogens is 238 g/mol. The van der Waals surface area contributed by atoms with Gasteiger partial charge in [-0.1, -0.05) is 34.6 Å². The zero-order valence-corrected chi connectivity index (χ0v) is 13.8. The van der Waals surface area contributed by atoms with Crippen molar-refractivity contribution in [3.63, 3.8) is 0 Å². The SMILES string of the molecule is CN(C)CCCOC(=O)C1(CC(C)(C)C)CC1(C)C. The van der Waals surface area contributed by atoms with Crippen LogP contribution in [0.5, 0.6) is 0 Å². The number of ether oxygens (including phenoxy) is 1. The van der Waals surface area contributed by atoms with E-state index < -0.39 is 0 Å². The molecule has 0 bridgehead atoms. The Kier molecular flexibility index (Phi) is 4.71. The van der Waals surface area contributed by atoms with Gasteiger partial charge in [0.05, 0.1) is 12.0 Å². The summed E-state index contributed by atoms with van der Waals surface area (Å²) in [5.74, 6) is 0.0196. The molecule has 0 heterocycles. The van der Waals surface area contributed by atoms with Crippen molar-refractivity contribution in [3.05, 3.63) is 0 Å². The molecule has 1 aliphatic carbocycles. The van der Waals surface area contributed by atoms with Gasteiger partial charge < -0.3 is 9.64 Å². The number of hydrogen-bond acceptors (Lipinski definition) is 3. The standard InChI is InChI=1S/C16H31NO2/c1-14(2,3)11-16(12-15(16,4)5)13(18)19-10-8-9-17(6)7/h8-12H2,1-7H3. The molecule has 1 rings (SSSR count). The molecule has 0 N–H and O–H groups in total. The van der Waals surface area contributed by atoms with E-state index in [1.807, 2.05) is 14.1 Å². The number of nitrogens with zero attached hydrogens (tertiary/aromatic N) is 1. The van der Waals surface area contributed by atoms with E-state index in [-0.39, 0.29) is 22.2 Å². The highest BCUT2D eigenvalue weighted by Gasteiger charge is 2.67. The van der Waals surface area contributed by atoms with Crippen LogP contribution in [-0.4, -0.2) is 38.1 Å². The summed E-state index contributed by atoms with van der Waals surface area (Å²) in [7, 11) is 4.07. The van der Waals surface area contributed by atoms with Gasteiger partial charge in [0.25, 0.3) is 0 Å². The van der Waals surface area contributed by atoms with Gasteiger partial charge in [-0.05, 0) is 44.2 Å². The Hall–Kier alpha value is -0.570. The minimum atomic E-state index is -0.247. The lowest BCUT2D eigenvalue weighted by molar-refractivity contribution is -0.153. The Bertz CT molecular complexity index is 328. The highest BCUT2D eigenvalue weighted by molar-refractivity contribution is 5.81. The van der Waals surface area contributed by atoms with E-state index in [2.05, 4.69) is 39.5 Å². The summed E-state index contributed by atoms with van der Waals surface area (Å²) >= 11 is 0. The van der Waals surface area contributed by atoms with Crippen molar-refractivity contribution >= 4 is 5.97 Å². The third-order valence-electron chi connectivity index (χ3n) is 4.12. The van der Waals surface area contributed by atoms with Crippen LogP contribution in [0, 0.1) is 16.2 Å². The van der Waals surface area contributed by atoms with Crippen LogP contribution in [0.3, 0.4) is 0 Å². The highest BCUT2D eigenvalue weighted by Crippen LogP contribution is 2.68. The van der Waals surface area contributed by atoms with Gasteiger partial charge >= 0.3 is 5.97 Å². The number of carbonyl (C=O) groups excluding carboxylic acids is 1. The second kappa shape index (κ2) is 5.43. The van der Waals surface area contributed by atoms with E-state index in [9.17, 15) is 4.79 Å². The van der Waals surface area contributed by atoms with Crippen molar-refractivity contribution in [1.82, 2.24) is 4.90 Å². The van der Waals surface area contributed by atoms with Gasteiger partial charge in [-0.25, -0.2) is 0 Å². The maximum absolute atomic E-state index is 12.4. The van der Waals surface area contributed by atoms with Crippen LogP contribution in [-0.2, 0) is 9.53 Å². The molecule has 1 atom stereocenters. The molecule has 1 fully saturated rings. The van der Waals surface area contributed by atoms with Gasteiger partial charge in [0.2, 0.25) is 0 Å². The molecule has 0 spiro atoms. The number of hydrogen-bond donors (Lipinski definition) is 0. The molecule has 1 saturated carbocycles. The second-order valence-corrected chi connectivity index (χ2v) is 8.17. The third kappa shape index (κ3) is 4.20. The Morgan fingerprint density at radius 2 is 1.79 bits per heavy atom. The molecular formula is C16H31NO2. The minimum Gasteiger partial charge on any atom is -0.465 e.